The van der Waals surface area contributed by atoms with Crippen LogP contribution in [-0.4, -0.2) is 10.6 Å². The molecule has 1 unspecified atom stereocenters. The Morgan fingerprint density at radius 2 is 1.84 bits per heavy atom. The molecule has 0 amide bonds. The molecule has 0 aliphatic carbocycles. The van der Waals surface area contributed by atoms with Crippen LogP contribution < -0.4 is 10.1 Å². The predicted octanol–water partition coefficient (Wildman–Crippen LogP) is 6.53. The van der Waals surface area contributed by atoms with Gasteiger partial charge in [0.1, 0.15) is 11.6 Å². The lowest BCUT2D eigenvalue weighted by atomic mass is 9.79. The fourth-order valence-corrected chi connectivity index (χ4v) is 5.00. The van der Waals surface area contributed by atoms with Crippen LogP contribution in [0.5, 0.6) is 5.75 Å². The van der Waals surface area contributed by atoms with E-state index in [9.17, 15) is 9.50 Å². The van der Waals surface area contributed by atoms with E-state index in [2.05, 4.69) is 25.2 Å². The number of benzene rings is 3. The molecule has 0 saturated carbocycles. The van der Waals surface area contributed by atoms with Crippen LogP contribution in [-0.2, 0) is 12.2 Å². The molecule has 0 aromatic heterocycles. The van der Waals surface area contributed by atoms with Crippen LogP contribution in [0.1, 0.15) is 37.5 Å². The minimum absolute atomic E-state index is 0.156. The molecule has 31 heavy (non-hydrogen) atoms. The van der Waals surface area contributed by atoms with Crippen LogP contribution in [0.2, 0.25) is 5.02 Å². The third-order valence-corrected chi connectivity index (χ3v) is 6.29. The molecular weight excluding hydrogens is 413 g/mol. The number of hydrogen-bond donors (Lipinski definition) is 2. The maximum Gasteiger partial charge on any atom is 0.240 e. The number of allylic oxidation sites excluding steroid dienone is 1. The summed E-state index contributed by atoms with van der Waals surface area (Å²) in [6.07, 6.45) is 2.29. The smallest absolute Gasteiger partial charge is 0.240 e. The highest BCUT2D eigenvalue weighted by Gasteiger charge is 2.44. The van der Waals surface area contributed by atoms with Gasteiger partial charge in [-0.1, -0.05) is 41.9 Å². The molecule has 0 radical (unpaired) electrons. The quantitative estimate of drug-likeness (QED) is 0.480. The largest absolute Gasteiger partial charge is 0.457 e. The van der Waals surface area contributed by atoms with E-state index in [-0.39, 0.29) is 17.8 Å². The Balaban J connectivity index is 1.79. The van der Waals surface area contributed by atoms with Gasteiger partial charge in [0, 0.05) is 33.8 Å². The van der Waals surface area contributed by atoms with E-state index < -0.39 is 5.79 Å². The number of hydrogen-bond acceptors (Lipinski definition) is 3. The Hall–Kier alpha value is -2.82. The summed E-state index contributed by atoms with van der Waals surface area (Å²) in [4.78, 5) is 0. The summed E-state index contributed by atoms with van der Waals surface area (Å²) >= 11 is 6.42. The summed E-state index contributed by atoms with van der Waals surface area (Å²) in [5, 5.41) is 16.1. The van der Waals surface area contributed by atoms with E-state index in [1.807, 2.05) is 37.3 Å². The second-order valence-corrected chi connectivity index (χ2v) is 9.29. The van der Waals surface area contributed by atoms with Gasteiger partial charge in [0.05, 0.1) is 5.54 Å². The fraction of sp³-hybridized carbons (Fsp3) is 0.231. The van der Waals surface area contributed by atoms with Crippen molar-refractivity contribution in [3.05, 3.63) is 88.2 Å². The normalized spacial score (nSPS) is 20.5. The van der Waals surface area contributed by atoms with E-state index in [0.717, 1.165) is 28.0 Å². The second-order valence-electron chi connectivity index (χ2n) is 8.88. The minimum Gasteiger partial charge on any atom is -0.457 e. The van der Waals surface area contributed by atoms with Gasteiger partial charge in [0.15, 0.2) is 0 Å². The summed E-state index contributed by atoms with van der Waals surface area (Å²) < 4.78 is 20.3. The van der Waals surface area contributed by atoms with Gasteiger partial charge < -0.3 is 15.2 Å². The van der Waals surface area contributed by atoms with E-state index in [1.165, 1.54) is 12.1 Å². The Kier molecular flexibility index (Phi) is 4.44. The van der Waals surface area contributed by atoms with E-state index in [4.69, 9.17) is 16.3 Å². The number of rotatable bonds is 2. The van der Waals surface area contributed by atoms with Gasteiger partial charge in [-0.25, -0.2) is 4.39 Å². The molecule has 2 N–H and O–H groups in total. The first kappa shape index (κ1) is 20.1. The lowest BCUT2D eigenvalue weighted by Crippen LogP contribution is -2.41. The Morgan fingerprint density at radius 1 is 1.06 bits per heavy atom. The SMILES string of the molecule is CC1=CC(C)(C)Nc2ccc3c(c21)C(O)(Cc1ccccc1Cl)Oc1ccc(F)cc1-3. The van der Waals surface area contributed by atoms with Gasteiger partial charge in [-0.2, -0.15) is 0 Å². The Bertz CT molecular complexity index is 1250. The molecule has 0 fully saturated rings. The zero-order chi connectivity index (χ0) is 22.0. The predicted molar refractivity (Wildman–Crippen MR) is 123 cm³/mol. The molecule has 3 aromatic carbocycles. The molecule has 2 aliphatic heterocycles. The van der Waals surface area contributed by atoms with Gasteiger partial charge >= 0.3 is 0 Å². The van der Waals surface area contributed by atoms with Crippen molar-refractivity contribution < 1.29 is 14.2 Å². The van der Waals surface area contributed by atoms with Crippen molar-refractivity contribution in [2.45, 2.75) is 38.5 Å². The zero-order valence-corrected chi connectivity index (χ0v) is 18.3. The summed E-state index contributed by atoms with van der Waals surface area (Å²) in [6, 6.07) is 15.7. The minimum atomic E-state index is -1.67. The number of aliphatic hydroxyl groups is 1. The second kappa shape index (κ2) is 6.84. The standard InChI is InChI=1S/C26H23ClFNO2/c1-15-13-25(2,3)29-21-10-9-18-19-12-17(28)8-11-22(19)31-26(30,24(18)23(15)21)14-16-6-4-5-7-20(16)27/h4-13,29-30H,14H2,1-3H3. The molecule has 158 valence electrons. The molecule has 2 heterocycles. The average molecular weight is 436 g/mol. The first-order valence-electron chi connectivity index (χ1n) is 10.3. The van der Waals surface area contributed by atoms with Crippen LogP contribution in [0.4, 0.5) is 10.1 Å². The molecule has 5 heteroatoms. The van der Waals surface area contributed by atoms with Gasteiger partial charge in [-0.05, 0) is 67.8 Å². The molecule has 0 bridgehead atoms. The molecule has 0 saturated heterocycles. The van der Waals surface area contributed by atoms with Gasteiger partial charge in [-0.15, -0.1) is 0 Å². The van der Waals surface area contributed by atoms with E-state index >= 15 is 0 Å². The van der Waals surface area contributed by atoms with Gasteiger partial charge in [0.25, 0.3) is 0 Å². The molecule has 5 rings (SSSR count). The lowest BCUT2D eigenvalue weighted by molar-refractivity contribution is -0.146. The summed E-state index contributed by atoms with van der Waals surface area (Å²) in [5.74, 6) is -1.59. The molecule has 1 atom stereocenters. The highest BCUT2D eigenvalue weighted by atomic mass is 35.5. The first-order valence-corrected chi connectivity index (χ1v) is 10.6. The van der Waals surface area contributed by atoms with Crippen LogP contribution in [0.25, 0.3) is 16.7 Å². The van der Waals surface area contributed by atoms with Gasteiger partial charge in [0.2, 0.25) is 5.79 Å². The van der Waals surface area contributed by atoms with Gasteiger partial charge in [-0.3, -0.25) is 0 Å². The molecular formula is C26H23ClFNO2. The third-order valence-electron chi connectivity index (χ3n) is 5.92. The number of nitrogens with one attached hydrogen (secondary N) is 1. The van der Waals surface area contributed by atoms with Crippen molar-refractivity contribution in [3.8, 4) is 16.9 Å². The number of anilines is 1. The maximum atomic E-state index is 14.1. The molecule has 3 nitrogen and oxygen atoms in total. The van der Waals surface area contributed by atoms with Crippen molar-refractivity contribution in [3.63, 3.8) is 0 Å². The monoisotopic (exact) mass is 435 g/mol. The number of fused-ring (bicyclic) bond motifs is 5. The lowest BCUT2D eigenvalue weighted by Gasteiger charge is -2.41. The topological polar surface area (TPSA) is 41.5 Å². The van der Waals surface area contributed by atoms with Crippen molar-refractivity contribution in [2.75, 3.05) is 5.32 Å². The number of ether oxygens (including phenoxy) is 1. The van der Waals surface area contributed by atoms with Crippen LogP contribution in [0.15, 0.2) is 60.7 Å². The maximum absolute atomic E-state index is 14.1. The zero-order valence-electron chi connectivity index (χ0n) is 17.6. The number of halogens is 2. The molecule has 3 aromatic rings. The van der Waals surface area contributed by atoms with Crippen molar-refractivity contribution >= 4 is 22.9 Å². The Morgan fingerprint density at radius 3 is 2.61 bits per heavy atom. The van der Waals surface area contributed by atoms with Crippen molar-refractivity contribution in [2.24, 2.45) is 0 Å². The van der Waals surface area contributed by atoms with Crippen LogP contribution in [0, 0.1) is 5.82 Å². The van der Waals surface area contributed by atoms with Crippen LogP contribution in [0.3, 0.4) is 0 Å². The van der Waals surface area contributed by atoms with Crippen molar-refractivity contribution in [1.82, 2.24) is 0 Å². The van der Waals surface area contributed by atoms with Crippen LogP contribution >= 0.6 is 11.6 Å². The molecule has 2 aliphatic rings. The van der Waals surface area contributed by atoms with E-state index in [1.54, 1.807) is 12.1 Å². The highest BCUT2D eigenvalue weighted by molar-refractivity contribution is 6.31. The summed E-state index contributed by atoms with van der Waals surface area (Å²) in [5.41, 5.74) is 5.35. The molecule has 0 spiro atoms. The highest BCUT2D eigenvalue weighted by Crippen LogP contribution is 2.51. The van der Waals surface area contributed by atoms with Crippen molar-refractivity contribution in [1.29, 1.82) is 0 Å². The summed E-state index contributed by atoms with van der Waals surface area (Å²) in [7, 11) is 0. The average Bonchev–Trinajstić information content (AvgIpc) is 2.69. The first-order chi connectivity index (χ1) is 14.7. The Labute approximate surface area is 186 Å². The van der Waals surface area contributed by atoms with E-state index in [0.29, 0.717) is 21.9 Å². The summed E-state index contributed by atoms with van der Waals surface area (Å²) in [6.45, 7) is 6.21. The third kappa shape index (κ3) is 3.31. The fourth-order valence-electron chi connectivity index (χ4n) is 4.80.